The second-order valence-electron chi connectivity index (χ2n) is 7.42. The first-order valence-corrected chi connectivity index (χ1v) is 12.5. The van der Waals surface area contributed by atoms with Crippen molar-refractivity contribution in [3.05, 3.63) is 60.2 Å². The van der Waals surface area contributed by atoms with Crippen LogP contribution in [0.3, 0.4) is 0 Å². The number of fused-ring (bicyclic) bond motifs is 2. The molecule has 0 aliphatic rings. The Kier molecular flexibility index (Phi) is 8.74. The summed E-state index contributed by atoms with van der Waals surface area (Å²) in [7, 11) is 2.08. The van der Waals surface area contributed by atoms with Gasteiger partial charge >= 0.3 is 14.8 Å². The van der Waals surface area contributed by atoms with Crippen LogP contribution in [0.15, 0.2) is 54.6 Å². The van der Waals surface area contributed by atoms with Gasteiger partial charge in [0.2, 0.25) is 0 Å². The van der Waals surface area contributed by atoms with Gasteiger partial charge in [0.15, 0.2) is 0 Å². The Morgan fingerprint density at radius 3 is 2.03 bits per heavy atom. The molecule has 0 aliphatic heterocycles. The first-order valence-electron chi connectivity index (χ1n) is 10.5. The highest BCUT2D eigenvalue weighted by atomic mass is 28.4. The Balaban J connectivity index is 1.55. The quantitative estimate of drug-likeness (QED) is 0.191. The van der Waals surface area contributed by atoms with Crippen LogP contribution in [0.25, 0.3) is 21.5 Å². The molecule has 1 N–H and O–H groups in total. The van der Waals surface area contributed by atoms with Gasteiger partial charge in [0.05, 0.1) is 12.2 Å². The summed E-state index contributed by atoms with van der Waals surface area (Å²) in [5, 5.41) is 13.8. The van der Waals surface area contributed by atoms with Crippen molar-refractivity contribution in [2.75, 3.05) is 41.2 Å². The molecule has 0 amide bonds. The molecule has 0 fully saturated rings. The molecule has 0 aliphatic carbocycles. The summed E-state index contributed by atoms with van der Waals surface area (Å²) in [6.07, 6.45) is -0.259. The number of aliphatic hydroxyl groups excluding tert-OH is 1. The van der Waals surface area contributed by atoms with E-state index >= 15 is 0 Å². The zero-order chi connectivity index (χ0) is 23.0. The van der Waals surface area contributed by atoms with Gasteiger partial charge in [0.25, 0.3) is 0 Å². The Bertz CT molecular complexity index is 973. The number of carbonyl (C=O) groups is 1. The smallest absolute Gasteiger partial charge is 0.459 e. The summed E-state index contributed by atoms with van der Waals surface area (Å²) < 4.78 is 27.1. The molecule has 32 heavy (non-hydrogen) atoms. The zero-order valence-corrected chi connectivity index (χ0v) is 19.7. The minimum absolute atomic E-state index is 0.0606. The molecule has 7 nitrogen and oxygen atoms in total. The number of benzene rings is 3. The Morgan fingerprint density at radius 1 is 0.906 bits per heavy atom. The second-order valence-corrected chi connectivity index (χ2v) is 10.5. The first kappa shape index (κ1) is 24.3. The molecule has 3 aromatic rings. The van der Waals surface area contributed by atoms with Crippen molar-refractivity contribution in [2.45, 2.75) is 18.6 Å². The van der Waals surface area contributed by atoms with Crippen molar-refractivity contribution in [1.29, 1.82) is 0 Å². The third-order valence-corrected chi connectivity index (χ3v) is 8.23. The summed E-state index contributed by atoms with van der Waals surface area (Å²) in [5.41, 5.74) is 0.506. The van der Waals surface area contributed by atoms with Crippen LogP contribution < -0.4 is 0 Å². The minimum atomic E-state index is -2.62. The largest absolute Gasteiger partial charge is 0.500 e. The van der Waals surface area contributed by atoms with E-state index in [0.717, 1.165) is 21.5 Å². The molecule has 0 radical (unpaired) electrons. The maximum absolute atomic E-state index is 13.0. The minimum Gasteiger partial charge on any atom is -0.459 e. The molecule has 1 atom stereocenters. The summed E-state index contributed by atoms with van der Waals surface area (Å²) in [6, 6.07) is 18.1. The Labute approximate surface area is 189 Å². The first-order chi connectivity index (χ1) is 15.5. The number of hydrogen-bond donors (Lipinski definition) is 1. The standard InChI is InChI=1S/C24H30O7Si/c1-27-32(28-2,29-3)14-8-13-30-16-20(25)17-31-24(26)23-21-11-6-4-9-18(21)15-19-10-5-7-12-22(19)23/h4-7,9-12,15,20,25H,8,13-14,16-17H2,1-3H3. The summed E-state index contributed by atoms with van der Waals surface area (Å²) in [6.45, 7) is 0.318. The SMILES string of the molecule is CO[Si](CCCOCC(O)COC(=O)c1c2ccccc2cc2ccccc12)(OC)OC. The molecule has 3 aromatic carbocycles. The highest BCUT2D eigenvalue weighted by molar-refractivity contribution is 6.60. The van der Waals surface area contributed by atoms with Crippen LogP contribution in [0, 0.1) is 0 Å². The monoisotopic (exact) mass is 458 g/mol. The van der Waals surface area contributed by atoms with E-state index in [1.165, 1.54) is 0 Å². The molecule has 8 heteroatoms. The maximum atomic E-state index is 13.0. The fourth-order valence-corrected chi connectivity index (χ4v) is 5.38. The lowest BCUT2D eigenvalue weighted by Gasteiger charge is -2.24. The number of rotatable bonds is 12. The van der Waals surface area contributed by atoms with Crippen molar-refractivity contribution >= 4 is 36.3 Å². The van der Waals surface area contributed by atoms with Gasteiger partial charge in [-0.15, -0.1) is 0 Å². The van der Waals surface area contributed by atoms with Gasteiger partial charge in [0.1, 0.15) is 12.7 Å². The molecule has 0 aromatic heterocycles. The van der Waals surface area contributed by atoms with Crippen molar-refractivity contribution in [3.63, 3.8) is 0 Å². The molecule has 0 spiro atoms. The van der Waals surface area contributed by atoms with E-state index in [-0.39, 0.29) is 13.2 Å². The zero-order valence-electron chi connectivity index (χ0n) is 18.7. The van der Waals surface area contributed by atoms with Gasteiger partial charge in [0, 0.05) is 34.0 Å². The predicted octanol–water partition coefficient (Wildman–Crippen LogP) is 3.80. The molecule has 1 unspecified atom stereocenters. The van der Waals surface area contributed by atoms with E-state index in [2.05, 4.69) is 6.07 Å². The average Bonchev–Trinajstić information content (AvgIpc) is 2.83. The third kappa shape index (κ3) is 5.72. The lowest BCUT2D eigenvalue weighted by atomic mass is 9.97. The highest BCUT2D eigenvalue weighted by Crippen LogP contribution is 2.29. The molecule has 172 valence electrons. The van der Waals surface area contributed by atoms with Crippen LogP contribution in [0.1, 0.15) is 16.8 Å². The van der Waals surface area contributed by atoms with E-state index in [9.17, 15) is 9.90 Å². The maximum Gasteiger partial charge on any atom is 0.500 e. The molecule has 0 bridgehead atoms. The number of aliphatic hydroxyl groups is 1. The predicted molar refractivity (Wildman–Crippen MR) is 125 cm³/mol. The van der Waals surface area contributed by atoms with E-state index in [4.69, 9.17) is 22.8 Å². The Morgan fingerprint density at radius 2 is 1.47 bits per heavy atom. The van der Waals surface area contributed by atoms with E-state index in [1.807, 2.05) is 48.5 Å². The van der Waals surface area contributed by atoms with Crippen LogP contribution in [-0.4, -0.2) is 67.1 Å². The molecule has 0 saturated heterocycles. The van der Waals surface area contributed by atoms with Gasteiger partial charge < -0.3 is 27.9 Å². The van der Waals surface area contributed by atoms with Crippen molar-refractivity contribution < 1.29 is 32.7 Å². The fourth-order valence-electron chi connectivity index (χ4n) is 3.69. The second kappa shape index (κ2) is 11.5. The van der Waals surface area contributed by atoms with Crippen LogP contribution in [-0.2, 0) is 22.8 Å². The fraction of sp³-hybridized carbons (Fsp3) is 0.375. The number of carbonyl (C=O) groups excluding carboxylic acids is 1. The molecule has 0 saturated carbocycles. The van der Waals surface area contributed by atoms with Crippen molar-refractivity contribution in [1.82, 2.24) is 0 Å². The summed E-state index contributed by atoms with van der Waals surface area (Å²) >= 11 is 0. The average molecular weight is 459 g/mol. The van der Waals surface area contributed by atoms with E-state index in [1.54, 1.807) is 21.3 Å². The van der Waals surface area contributed by atoms with E-state index < -0.39 is 20.9 Å². The van der Waals surface area contributed by atoms with Crippen LogP contribution in [0.4, 0.5) is 0 Å². The normalized spacial score (nSPS) is 12.9. The highest BCUT2D eigenvalue weighted by Gasteiger charge is 2.36. The number of ether oxygens (including phenoxy) is 2. The number of hydrogen-bond acceptors (Lipinski definition) is 7. The van der Waals surface area contributed by atoms with Gasteiger partial charge in [-0.25, -0.2) is 4.79 Å². The van der Waals surface area contributed by atoms with Crippen molar-refractivity contribution in [2.24, 2.45) is 0 Å². The van der Waals surface area contributed by atoms with Gasteiger partial charge in [-0.05, 0) is 34.0 Å². The van der Waals surface area contributed by atoms with Gasteiger partial charge in [-0.2, -0.15) is 0 Å². The lowest BCUT2D eigenvalue weighted by molar-refractivity contribution is -0.0111. The van der Waals surface area contributed by atoms with Crippen LogP contribution in [0.5, 0.6) is 0 Å². The molecular weight excluding hydrogens is 428 g/mol. The van der Waals surface area contributed by atoms with Crippen LogP contribution >= 0.6 is 0 Å². The topological polar surface area (TPSA) is 83.5 Å². The van der Waals surface area contributed by atoms with Crippen LogP contribution in [0.2, 0.25) is 6.04 Å². The lowest BCUT2D eigenvalue weighted by Crippen LogP contribution is -2.42. The summed E-state index contributed by atoms with van der Waals surface area (Å²) in [4.78, 5) is 13.0. The summed E-state index contributed by atoms with van der Waals surface area (Å²) in [5.74, 6) is -0.465. The number of esters is 1. The molecule has 3 rings (SSSR count). The third-order valence-electron chi connectivity index (χ3n) is 5.40. The van der Waals surface area contributed by atoms with Crippen molar-refractivity contribution in [3.8, 4) is 0 Å². The Hall–Kier alpha value is -2.33. The van der Waals surface area contributed by atoms with Gasteiger partial charge in [-0.3, -0.25) is 0 Å². The molecule has 0 heterocycles. The van der Waals surface area contributed by atoms with Gasteiger partial charge in [-0.1, -0.05) is 48.5 Å². The molecular formula is C24H30O7Si. The van der Waals surface area contributed by atoms with E-state index in [0.29, 0.717) is 24.6 Å².